The maximum atomic E-state index is 12.6. The summed E-state index contributed by atoms with van der Waals surface area (Å²) in [5, 5.41) is 6.90. The van der Waals surface area contributed by atoms with Gasteiger partial charge >= 0.3 is 0 Å². The number of amides is 1. The third kappa shape index (κ3) is 6.18. The molecule has 2 aliphatic rings. The van der Waals surface area contributed by atoms with Crippen LogP contribution in [-0.4, -0.2) is 48.6 Å². The zero-order chi connectivity index (χ0) is 18.9. The quantitative estimate of drug-likeness (QED) is 0.722. The van der Waals surface area contributed by atoms with E-state index >= 15 is 0 Å². The second kappa shape index (κ2) is 10.6. The number of benzene rings is 1. The summed E-state index contributed by atoms with van der Waals surface area (Å²) in [6.45, 7) is 4.47. The van der Waals surface area contributed by atoms with Crippen LogP contribution < -0.4 is 10.6 Å². The average Bonchev–Trinajstić information content (AvgIpc) is 2.89. The van der Waals surface area contributed by atoms with Gasteiger partial charge in [0.25, 0.3) is 0 Å². The van der Waals surface area contributed by atoms with Gasteiger partial charge in [-0.15, -0.1) is 0 Å². The Morgan fingerprint density at radius 1 is 1.11 bits per heavy atom. The topological polar surface area (TPSA) is 44.4 Å². The number of nitrogens with one attached hydrogen (secondary N) is 2. The van der Waals surface area contributed by atoms with Gasteiger partial charge in [0, 0.05) is 31.7 Å². The summed E-state index contributed by atoms with van der Waals surface area (Å²) in [6.07, 6.45) is 13.3. The van der Waals surface area contributed by atoms with E-state index in [9.17, 15) is 4.79 Å². The summed E-state index contributed by atoms with van der Waals surface area (Å²) in [4.78, 5) is 14.9. The Morgan fingerprint density at radius 2 is 1.85 bits per heavy atom. The molecule has 2 atom stereocenters. The molecule has 2 fully saturated rings. The van der Waals surface area contributed by atoms with Crippen molar-refractivity contribution in [3.05, 3.63) is 42.0 Å². The number of likely N-dealkylation sites (N-methyl/N-ethyl adjacent to an activating group) is 1. The molecule has 0 aromatic heterocycles. The van der Waals surface area contributed by atoms with E-state index in [0.717, 1.165) is 19.5 Å². The number of nitrogens with zero attached hydrogens (tertiary/aromatic N) is 1. The second-order valence-electron chi connectivity index (χ2n) is 7.97. The van der Waals surface area contributed by atoms with Gasteiger partial charge in [0.2, 0.25) is 5.91 Å². The van der Waals surface area contributed by atoms with Gasteiger partial charge in [0.15, 0.2) is 0 Å². The third-order valence-electron chi connectivity index (χ3n) is 5.83. The van der Waals surface area contributed by atoms with E-state index in [2.05, 4.69) is 52.0 Å². The highest BCUT2D eigenvalue weighted by atomic mass is 16.2. The Morgan fingerprint density at radius 3 is 2.56 bits per heavy atom. The van der Waals surface area contributed by atoms with Crippen molar-refractivity contribution in [2.75, 3.05) is 19.6 Å². The van der Waals surface area contributed by atoms with Crippen molar-refractivity contribution in [2.24, 2.45) is 0 Å². The first kappa shape index (κ1) is 20.1. The van der Waals surface area contributed by atoms with E-state index in [4.69, 9.17) is 0 Å². The van der Waals surface area contributed by atoms with Crippen LogP contribution in [0.25, 0.3) is 6.08 Å². The molecule has 1 heterocycles. The predicted molar refractivity (Wildman–Crippen MR) is 113 cm³/mol. The summed E-state index contributed by atoms with van der Waals surface area (Å²) in [7, 11) is 0. The van der Waals surface area contributed by atoms with Crippen LogP contribution in [0.1, 0.15) is 57.4 Å². The van der Waals surface area contributed by atoms with Gasteiger partial charge in [-0.1, -0.05) is 68.2 Å². The monoisotopic (exact) mass is 369 g/mol. The predicted octanol–water partition coefficient (Wildman–Crippen LogP) is 3.59. The molecule has 4 nitrogen and oxygen atoms in total. The van der Waals surface area contributed by atoms with Crippen molar-refractivity contribution in [1.29, 1.82) is 0 Å². The molecule has 0 unspecified atom stereocenters. The number of carbonyl (C=O) groups excluding carboxylic acids is 1. The number of hydrogen-bond acceptors (Lipinski definition) is 3. The van der Waals surface area contributed by atoms with Gasteiger partial charge in [0.1, 0.15) is 0 Å². The molecule has 1 aromatic carbocycles. The van der Waals surface area contributed by atoms with Crippen LogP contribution in [0.4, 0.5) is 0 Å². The molecule has 0 radical (unpaired) electrons. The lowest BCUT2D eigenvalue weighted by Gasteiger charge is -2.22. The van der Waals surface area contributed by atoms with Crippen LogP contribution in [0.3, 0.4) is 0 Å². The van der Waals surface area contributed by atoms with E-state index in [1.54, 1.807) is 0 Å². The fourth-order valence-electron chi connectivity index (χ4n) is 4.46. The SMILES string of the molecule is CCNC(=O)[C@@H]1C[C@H](NC2CCCCCC2)CN1C/C=C/c1ccccc1. The first-order valence-corrected chi connectivity index (χ1v) is 10.8. The molecule has 1 saturated heterocycles. The molecule has 0 spiro atoms. The van der Waals surface area contributed by atoms with Crippen molar-refractivity contribution in [2.45, 2.75) is 70.0 Å². The largest absolute Gasteiger partial charge is 0.355 e. The Kier molecular flexibility index (Phi) is 7.91. The van der Waals surface area contributed by atoms with Gasteiger partial charge in [0.05, 0.1) is 6.04 Å². The van der Waals surface area contributed by atoms with Gasteiger partial charge in [-0.05, 0) is 31.7 Å². The summed E-state index contributed by atoms with van der Waals surface area (Å²) < 4.78 is 0. The number of rotatable bonds is 7. The fraction of sp³-hybridized carbons (Fsp3) is 0.609. The highest BCUT2D eigenvalue weighted by Crippen LogP contribution is 2.22. The molecule has 1 saturated carbocycles. The summed E-state index contributed by atoms with van der Waals surface area (Å²) >= 11 is 0. The normalized spacial score (nSPS) is 24.9. The van der Waals surface area contributed by atoms with Crippen LogP contribution in [-0.2, 0) is 4.79 Å². The van der Waals surface area contributed by atoms with Crippen LogP contribution in [0.2, 0.25) is 0 Å². The van der Waals surface area contributed by atoms with E-state index in [1.165, 1.54) is 44.1 Å². The van der Waals surface area contributed by atoms with E-state index in [1.807, 2.05) is 13.0 Å². The van der Waals surface area contributed by atoms with E-state index in [-0.39, 0.29) is 11.9 Å². The Balaban J connectivity index is 1.58. The van der Waals surface area contributed by atoms with Crippen molar-refractivity contribution >= 4 is 12.0 Å². The summed E-state index contributed by atoms with van der Waals surface area (Å²) in [5.74, 6) is 0.177. The Hall–Kier alpha value is -1.65. The van der Waals surface area contributed by atoms with E-state index in [0.29, 0.717) is 18.6 Å². The molecule has 1 aromatic rings. The molecule has 1 aliphatic carbocycles. The lowest BCUT2D eigenvalue weighted by Crippen LogP contribution is -2.43. The first-order valence-electron chi connectivity index (χ1n) is 10.8. The average molecular weight is 370 g/mol. The molecule has 27 heavy (non-hydrogen) atoms. The smallest absolute Gasteiger partial charge is 0.237 e. The molecule has 4 heteroatoms. The van der Waals surface area contributed by atoms with Gasteiger partial charge in [-0.3, -0.25) is 9.69 Å². The lowest BCUT2D eigenvalue weighted by atomic mass is 10.1. The van der Waals surface area contributed by atoms with Crippen molar-refractivity contribution in [1.82, 2.24) is 15.5 Å². The molecule has 148 valence electrons. The number of carbonyl (C=O) groups is 1. The molecule has 2 N–H and O–H groups in total. The van der Waals surface area contributed by atoms with Gasteiger partial charge < -0.3 is 10.6 Å². The van der Waals surface area contributed by atoms with Crippen molar-refractivity contribution < 1.29 is 4.79 Å². The summed E-state index contributed by atoms with van der Waals surface area (Å²) in [6, 6.07) is 11.4. The zero-order valence-corrected chi connectivity index (χ0v) is 16.7. The van der Waals surface area contributed by atoms with Crippen LogP contribution in [0.15, 0.2) is 36.4 Å². The Labute approximate surface area is 164 Å². The molecular formula is C23H35N3O. The molecule has 0 bridgehead atoms. The van der Waals surface area contributed by atoms with Crippen molar-refractivity contribution in [3.8, 4) is 0 Å². The van der Waals surface area contributed by atoms with Crippen LogP contribution in [0.5, 0.6) is 0 Å². The minimum atomic E-state index is -0.0198. The second-order valence-corrected chi connectivity index (χ2v) is 7.97. The number of likely N-dealkylation sites (tertiary alicyclic amines) is 1. The Bertz CT molecular complexity index is 593. The molecule has 1 aliphatic heterocycles. The highest BCUT2D eigenvalue weighted by Gasteiger charge is 2.36. The van der Waals surface area contributed by atoms with Crippen LogP contribution >= 0.6 is 0 Å². The molecule has 1 amide bonds. The standard InChI is InChI=1S/C23H35N3O/c1-2-24-23(27)22-17-21(25-20-14-8-3-4-9-15-20)18-26(22)16-10-13-19-11-6-5-7-12-19/h5-7,10-13,20-22,25H,2-4,8-9,14-18H2,1H3,(H,24,27)/b13-10+/t21-,22-/m0/s1. The number of hydrogen-bond donors (Lipinski definition) is 2. The van der Waals surface area contributed by atoms with Crippen LogP contribution in [0, 0.1) is 0 Å². The minimum Gasteiger partial charge on any atom is -0.355 e. The maximum absolute atomic E-state index is 12.6. The zero-order valence-electron chi connectivity index (χ0n) is 16.7. The fourth-order valence-corrected chi connectivity index (χ4v) is 4.46. The third-order valence-corrected chi connectivity index (χ3v) is 5.83. The molecular weight excluding hydrogens is 334 g/mol. The minimum absolute atomic E-state index is 0.0198. The summed E-state index contributed by atoms with van der Waals surface area (Å²) in [5.41, 5.74) is 1.21. The highest BCUT2D eigenvalue weighted by molar-refractivity contribution is 5.82. The van der Waals surface area contributed by atoms with Gasteiger partial charge in [-0.2, -0.15) is 0 Å². The molecule has 3 rings (SSSR count). The van der Waals surface area contributed by atoms with Crippen molar-refractivity contribution in [3.63, 3.8) is 0 Å². The lowest BCUT2D eigenvalue weighted by molar-refractivity contribution is -0.125. The van der Waals surface area contributed by atoms with E-state index < -0.39 is 0 Å². The maximum Gasteiger partial charge on any atom is 0.237 e. The first-order chi connectivity index (χ1) is 13.3. The van der Waals surface area contributed by atoms with Gasteiger partial charge in [-0.25, -0.2) is 0 Å².